The smallest absolute Gasteiger partial charge is 1.00 e. The van der Waals surface area contributed by atoms with Gasteiger partial charge in [0.2, 0.25) is 0 Å². The Balaban J connectivity index is 0.00000176. The van der Waals surface area contributed by atoms with Gasteiger partial charge in [0.05, 0.1) is 0 Å². The van der Waals surface area contributed by atoms with E-state index in [9.17, 15) is 0 Å². The molecule has 1 aromatic carbocycles. The van der Waals surface area contributed by atoms with E-state index in [1.165, 1.54) is 48.2 Å². The second kappa shape index (κ2) is 10.2. The van der Waals surface area contributed by atoms with E-state index in [1.807, 2.05) is 0 Å². The summed E-state index contributed by atoms with van der Waals surface area (Å²) in [7, 11) is 0. The van der Waals surface area contributed by atoms with Gasteiger partial charge in [0, 0.05) is 12.5 Å². The van der Waals surface area contributed by atoms with E-state index < -0.39 is 0 Å². The third kappa shape index (κ3) is 4.56. The van der Waals surface area contributed by atoms with Gasteiger partial charge in [0.25, 0.3) is 0 Å². The molecule has 1 aromatic rings. The Hall–Kier alpha value is -0.0457. The van der Waals surface area contributed by atoms with Gasteiger partial charge in [0.1, 0.15) is 0 Å². The van der Waals surface area contributed by atoms with Crippen molar-refractivity contribution in [2.75, 3.05) is 13.1 Å². The molecule has 0 N–H and O–H groups in total. The zero-order chi connectivity index (χ0) is 15.0. The molecule has 4 heteroatoms. The van der Waals surface area contributed by atoms with Gasteiger partial charge in [-0.05, 0) is 74.5 Å². The fourth-order valence-corrected chi connectivity index (χ4v) is 3.90. The van der Waals surface area contributed by atoms with E-state index >= 15 is 0 Å². The largest absolute Gasteiger partial charge is 2.00 e. The zero-order valence-electron chi connectivity index (χ0n) is 15.1. The fraction of sp³-hybridized carbons (Fsp3) is 0.500. The third-order valence-electron chi connectivity index (χ3n) is 5.54. The molecule has 1 heterocycles. The molecule has 1 aliphatic heterocycles. The van der Waals surface area contributed by atoms with Crippen LogP contribution in [0.4, 0.5) is 0 Å². The number of halogens is 2. The van der Waals surface area contributed by atoms with Gasteiger partial charge >= 0.3 is 21.7 Å². The zero-order valence-corrected chi connectivity index (χ0v) is 18.2. The van der Waals surface area contributed by atoms with Gasteiger partial charge in [-0.2, -0.15) is 0 Å². The Morgan fingerprint density at radius 2 is 1.54 bits per heavy atom. The third-order valence-corrected chi connectivity index (χ3v) is 5.54. The Bertz CT molecular complexity index is 616. The fourth-order valence-electron chi connectivity index (χ4n) is 3.90. The van der Waals surface area contributed by atoms with Gasteiger partial charge in [-0.15, -0.1) is 0 Å². The predicted molar refractivity (Wildman–Crippen MR) is 91.1 cm³/mol. The van der Waals surface area contributed by atoms with Crippen LogP contribution in [0.3, 0.4) is 0 Å². The molecule has 0 saturated carbocycles. The van der Waals surface area contributed by atoms with Crippen molar-refractivity contribution < 1.29 is 46.5 Å². The number of nitrogens with zero attached hydrogens (tertiary/aromatic N) is 1. The molecule has 0 spiro atoms. The van der Waals surface area contributed by atoms with E-state index in [2.05, 4.69) is 56.9 Å². The summed E-state index contributed by atoms with van der Waals surface area (Å²) < 4.78 is 0. The van der Waals surface area contributed by atoms with Crippen molar-refractivity contribution in [2.24, 2.45) is 5.92 Å². The Morgan fingerprint density at radius 3 is 2.08 bits per heavy atom. The second-order valence-electron chi connectivity index (χ2n) is 6.71. The van der Waals surface area contributed by atoms with Crippen molar-refractivity contribution >= 4 is 5.57 Å². The molecule has 1 nitrogen and oxygen atoms in total. The Morgan fingerprint density at radius 1 is 0.958 bits per heavy atom. The molecular weight excluding hydrogens is 373 g/mol. The Labute approximate surface area is 174 Å². The maximum absolute atomic E-state index is 2.60. The SMILES string of the molecule is CC1=C(C)C(C)C(c2ccccc2CN2CCCC2)=C1C.[Cl-].[Cl-].[Ti+2]. The summed E-state index contributed by atoms with van der Waals surface area (Å²) in [5.41, 5.74) is 9.06. The maximum Gasteiger partial charge on any atom is 2.00 e. The molecule has 3 rings (SSSR count). The second-order valence-corrected chi connectivity index (χ2v) is 6.71. The van der Waals surface area contributed by atoms with Crippen LogP contribution in [0, 0.1) is 5.92 Å². The van der Waals surface area contributed by atoms with Gasteiger partial charge in [0.15, 0.2) is 0 Å². The molecule has 0 aromatic heterocycles. The van der Waals surface area contributed by atoms with E-state index in [0.29, 0.717) is 5.92 Å². The van der Waals surface area contributed by atoms with Crippen LogP contribution in [-0.4, -0.2) is 18.0 Å². The number of benzene rings is 1. The first-order valence-electron chi connectivity index (χ1n) is 8.28. The van der Waals surface area contributed by atoms with E-state index in [-0.39, 0.29) is 46.5 Å². The van der Waals surface area contributed by atoms with Crippen LogP contribution >= 0.6 is 0 Å². The average Bonchev–Trinajstić information content (AvgIpc) is 3.05. The summed E-state index contributed by atoms with van der Waals surface area (Å²) in [5, 5.41) is 0. The molecule has 0 amide bonds. The van der Waals surface area contributed by atoms with Crippen LogP contribution in [-0.2, 0) is 28.3 Å². The minimum absolute atomic E-state index is 0. The molecule has 1 fully saturated rings. The summed E-state index contributed by atoms with van der Waals surface area (Å²) in [6, 6.07) is 9.03. The predicted octanol–water partition coefficient (Wildman–Crippen LogP) is -0.952. The molecular formula is C20H27Cl2NTi. The minimum Gasteiger partial charge on any atom is -1.00 e. The first-order valence-corrected chi connectivity index (χ1v) is 8.28. The number of allylic oxidation sites excluding steroid dienone is 4. The van der Waals surface area contributed by atoms with Crippen molar-refractivity contribution in [2.45, 2.75) is 47.1 Å². The van der Waals surface area contributed by atoms with E-state index in [0.717, 1.165) is 6.54 Å². The summed E-state index contributed by atoms with van der Waals surface area (Å²) in [5.74, 6) is 0.560. The van der Waals surface area contributed by atoms with Gasteiger partial charge < -0.3 is 24.8 Å². The van der Waals surface area contributed by atoms with Crippen LogP contribution in [0.15, 0.2) is 41.0 Å². The first kappa shape index (κ1) is 24.0. The topological polar surface area (TPSA) is 3.24 Å². The number of rotatable bonds is 3. The molecule has 1 unspecified atom stereocenters. The normalized spacial score (nSPS) is 20.6. The summed E-state index contributed by atoms with van der Waals surface area (Å²) in [6.45, 7) is 12.9. The van der Waals surface area contributed by atoms with Crippen LogP contribution < -0.4 is 24.8 Å². The molecule has 130 valence electrons. The minimum atomic E-state index is 0. The quantitative estimate of drug-likeness (QED) is 0.592. The molecule has 0 radical (unpaired) electrons. The number of hydrogen-bond acceptors (Lipinski definition) is 1. The van der Waals surface area contributed by atoms with Crippen LogP contribution in [0.1, 0.15) is 51.7 Å². The van der Waals surface area contributed by atoms with Crippen LogP contribution in [0.2, 0.25) is 0 Å². The molecule has 1 saturated heterocycles. The van der Waals surface area contributed by atoms with Gasteiger partial charge in [-0.25, -0.2) is 0 Å². The Kier molecular flexibility index (Phi) is 10.2. The summed E-state index contributed by atoms with van der Waals surface area (Å²) in [4.78, 5) is 2.60. The molecule has 0 bridgehead atoms. The monoisotopic (exact) mass is 399 g/mol. The average molecular weight is 400 g/mol. The maximum atomic E-state index is 2.60. The summed E-state index contributed by atoms with van der Waals surface area (Å²) in [6.07, 6.45) is 2.72. The van der Waals surface area contributed by atoms with E-state index in [1.54, 1.807) is 11.1 Å². The van der Waals surface area contributed by atoms with Gasteiger partial charge in [-0.1, -0.05) is 36.8 Å². The van der Waals surface area contributed by atoms with Crippen molar-refractivity contribution in [3.05, 3.63) is 52.1 Å². The first-order chi connectivity index (χ1) is 10.1. The van der Waals surface area contributed by atoms with Crippen molar-refractivity contribution in [1.82, 2.24) is 4.90 Å². The van der Waals surface area contributed by atoms with Crippen molar-refractivity contribution in [3.8, 4) is 0 Å². The van der Waals surface area contributed by atoms with Crippen LogP contribution in [0.5, 0.6) is 0 Å². The van der Waals surface area contributed by atoms with E-state index in [4.69, 9.17) is 0 Å². The van der Waals surface area contributed by atoms with Crippen molar-refractivity contribution in [1.29, 1.82) is 0 Å². The number of hydrogen-bond donors (Lipinski definition) is 0. The molecule has 1 atom stereocenters. The van der Waals surface area contributed by atoms with Gasteiger partial charge in [-0.3, -0.25) is 4.90 Å². The number of likely N-dealkylation sites (tertiary alicyclic amines) is 1. The molecule has 2 aliphatic rings. The summed E-state index contributed by atoms with van der Waals surface area (Å²) >= 11 is 0. The molecule has 24 heavy (non-hydrogen) atoms. The standard InChI is InChI=1S/C20H27N.2ClH.Ti/c1-14-15(2)17(4)20(16(14)3)19-10-6-5-9-18(19)13-21-11-7-8-12-21;;;/h5-6,9-10,16H,7-8,11-13H2,1-4H3;2*1H;/q;;;+2/p-2. The van der Waals surface area contributed by atoms with Crippen molar-refractivity contribution in [3.63, 3.8) is 0 Å². The van der Waals surface area contributed by atoms with Crippen LogP contribution in [0.25, 0.3) is 5.57 Å². The molecule has 1 aliphatic carbocycles.